The van der Waals surface area contributed by atoms with Gasteiger partial charge >= 0.3 is 0 Å². The van der Waals surface area contributed by atoms with Crippen molar-refractivity contribution < 1.29 is 17.9 Å². The molecule has 1 aliphatic rings. The lowest BCUT2D eigenvalue weighted by atomic mass is 10.00. The Balaban J connectivity index is 1.98. The molecule has 2 aromatic carbocycles. The number of nitrogens with zero attached hydrogens (tertiary/aromatic N) is 1. The van der Waals surface area contributed by atoms with Gasteiger partial charge in [0.1, 0.15) is 5.75 Å². The first-order chi connectivity index (χ1) is 11.4. The maximum absolute atomic E-state index is 12.9. The first-order valence-electron chi connectivity index (χ1n) is 7.69. The molecule has 0 saturated heterocycles. The monoisotopic (exact) mass is 345 g/mol. The number of sulfone groups is 1. The molecule has 0 saturated carbocycles. The molecule has 0 atom stereocenters. The van der Waals surface area contributed by atoms with Gasteiger partial charge in [0.05, 0.1) is 17.7 Å². The molecule has 1 heterocycles. The van der Waals surface area contributed by atoms with Gasteiger partial charge in [-0.25, -0.2) is 8.42 Å². The Morgan fingerprint density at radius 2 is 1.83 bits per heavy atom. The lowest BCUT2D eigenvalue weighted by Crippen LogP contribution is -2.35. The average Bonchev–Trinajstić information content (AvgIpc) is 2.59. The van der Waals surface area contributed by atoms with E-state index in [0.29, 0.717) is 17.9 Å². The summed E-state index contributed by atoms with van der Waals surface area (Å²) in [6.45, 7) is 0.611. The number of anilines is 1. The molecule has 0 unspecified atom stereocenters. The number of hydrogen-bond acceptors (Lipinski definition) is 4. The van der Waals surface area contributed by atoms with Crippen LogP contribution < -0.4 is 9.64 Å². The molecular formula is C18H19NO4S. The number of carbonyl (C=O) groups is 1. The van der Waals surface area contributed by atoms with Crippen LogP contribution in [0.1, 0.15) is 22.3 Å². The summed E-state index contributed by atoms with van der Waals surface area (Å²) in [7, 11) is -1.68. The predicted octanol–water partition coefficient (Wildman–Crippen LogP) is 2.69. The Bertz CT molecular complexity index is 858. The molecule has 5 nitrogen and oxygen atoms in total. The number of rotatable bonds is 3. The average molecular weight is 345 g/mol. The highest BCUT2D eigenvalue weighted by Crippen LogP contribution is 2.36. The number of carbonyl (C=O) groups excluding carboxylic acids is 1. The summed E-state index contributed by atoms with van der Waals surface area (Å²) in [5, 5.41) is 0. The molecule has 3 rings (SSSR count). The number of methoxy groups -OCH3 is 1. The van der Waals surface area contributed by atoms with Crippen LogP contribution in [0.25, 0.3) is 0 Å². The first-order valence-corrected chi connectivity index (χ1v) is 9.59. The van der Waals surface area contributed by atoms with Crippen molar-refractivity contribution in [2.24, 2.45) is 0 Å². The number of benzene rings is 2. The molecule has 1 aliphatic heterocycles. The molecular weight excluding hydrogens is 326 g/mol. The predicted molar refractivity (Wildman–Crippen MR) is 92.5 cm³/mol. The van der Waals surface area contributed by atoms with E-state index >= 15 is 0 Å². The lowest BCUT2D eigenvalue weighted by Gasteiger charge is -2.31. The molecule has 0 bridgehead atoms. The van der Waals surface area contributed by atoms with Crippen molar-refractivity contribution in [2.75, 3.05) is 24.8 Å². The molecule has 6 heteroatoms. The van der Waals surface area contributed by atoms with Gasteiger partial charge in [0, 0.05) is 18.4 Å². The van der Waals surface area contributed by atoms with Crippen LogP contribution in [0.2, 0.25) is 0 Å². The summed E-state index contributed by atoms with van der Waals surface area (Å²) >= 11 is 0. The minimum Gasteiger partial charge on any atom is -0.495 e. The minimum absolute atomic E-state index is 0.152. The number of aryl methyl sites for hydroxylation is 1. The van der Waals surface area contributed by atoms with E-state index in [2.05, 4.69) is 0 Å². The summed E-state index contributed by atoms with van der Waals surface area (Å²) in [6, 6.07) is 11.8. The molecule has 0 spiro atoms. The van der Waals surface area contributed by atoms with Crippen LogP contribution in [-0.4, -0.2) is 34.2 Å². The maximum Gasteiger partial charge on any atom is 0.258 e. The molecule has 0 aliphatic carbocycles. The second-order valence-corrected chi connectivity index (χ2v) is 7.84. The number of ether oxygens (including phenoxy) is 1. The van der Waals surface area contributed by atoms with Crippen LogP contribution in [-0.2, 0) is 16.3 Å². The van der Waals surface area contributed by atoms with Crippen LogP contribution in [0.4, 0.5) is 5.69 Å². The molecule has 0 fully saturated rings. The third-order valence-electron chi connectivity index (χ3n) is 4.17. The van der Waals surface area contributed by atoms with Crippen LogP contribution in [0.3, 0.4) is 0 Å². The second-order valence-electron chi connectivity index (χ2n) is 5.82. The molecule has 126 valence electrons. The first kappa shape index (κ1) is 16.5. The van der Waals surface area contributed by atoms with Crippen molar-refractivity contribution in [3.63, 3.8) is 0 Å². The van der Waals surface area contributed by atoms with Crippen LogP contribution in [0, 0.1) is 0 Å². The van der Waals surface area contributed by atoms with E-state index in [0.717, 1.165) is 30.3 Å². The van der Waals surface area contributed by atoms with Crippen molar-refractivity contribution in [3.8, 4) is 5.75 Å². The summed E-state index contributed by atoms with van der Waals surface area (Å²) in [5.41, 5.74) is 2.35. The van der Waals surface area contributed by atoms with Crippen molar-refractivity contribution in [1.29, 1.82) is 0 Å². The third kappa shape index (κ3) is 3.01. The SMILES string of the molecule is COc1cccc2c1N(C(=O)c1ccc(S(C)(=O)=O)cc1)CCC2. The van der Waals surface area contributed by atoms with Crippen molar-refractivity contribution in [2.45, 2.75) is 17.7 Å². The zero-order chi connectivity index (χ0) is 17.3. The second kappa shape index (κ2) is 6.28. The highest BCUT2D eigenvalue weighted by Gasteiger charge is 2.26. The van der Waals surface area contributed by atoms with Gasteiger partial charge in [-0.05, 0) is 48.7 Å². The van der Waals surface area contributed by atoms with Gasteiger partial charge in [-0.1, -0.05) is 12.1 Å². The largest absolute Gasteiger partial charge is 0.495 e. The normalized spacial score (nSPS) is 14.2. The Hall–Kier alpha value is -2.34. The molecule has 1 amide bonds. The summed E-state index contributed by atoms with van der Waals surface area (Å²) < 4.78 is 28.5. The van der Waals surface area contributed by atoms with Gasteiger partial charge in [0.25, 0.3) is 5.91 Å². The third-order valence-corrected chi connectivity index (χ3v) is 5.30. The van der Waals surface area contributed by atoms with Gasteiger partial charge in [0.2, 0.25) is 0 Å². The molecule has 2 aromatic rings. The zero-order valence-electron chi connectivity index (χ0n) is 13.7. The standard InChI is InChI=1S/C18H19NO4S/c1-23-16-7-3-5-13-6-4-12-19(17(13)16)18(20)14-8-10-15(11-9-14)24(2,21)22/h3,5,7-11H,4,6,12H2,1-2H3. The Morgan fingerprint density at radius 1 is 1.12 bits per heavy atom. The van der Waals surface area contributed by atoms with Gasteiger partial charge < -0.3 is 9.64 Å². The maximum atomic E-state index is 12.9. The van der Waals surface area contributed by atoms with E-state index in [4.69, 9.17) is 4.74 Å². The van der Waals surface area contributed by atoms with Gasteiger partial charge in [-0.2, -0.15) is 0 Å². The quantitative estimate of drug-likeness (QED) is 0.858. The van der Waals surface area contributed by atoms with Crippen molar-refractivity contribution in [3.05, 3.63) is 53.6 Å². The number of amides is 1. The topological polar surface area (TPSA) is 63.7 Å². The lowest BCUT2D eigenvalue weighted by molar-refractivity contribution is 0.0984. The van der Waals surface area contributed by atoms with Gasteiger partial charge in [-0.15, -0.1) is 0 Å². The summed E-state index contributed by atoms with van der Waals surface area (Å²) in [6.07, 6.45) is 2.94. The fourth-order valence-electron chi connectivity index (χ4n) is 2.98. The molecule has 0 N–H and O–H groups in total. The zero-order valence-corrected chi connectivity index (χ0v) is 14.5. The number of fused-ring (bicyclic) bond motifs is 1. The summed E-state index contributed by atoms with van der Waals surface area (Å²) in [5.74, 6) is 0.522. The summed E-state index contributed by atoms with van der Waals surface area (Å²) in [4.78, 5) is 14.8. The molecule has 24 heavy (non-hydrogen) atoms. The number of hydrogen-bond donors (Lipinski definition) is 0. The van der Waals surface area contributed by atoms with Crippen LogP contribution in [0.15, 0.2) is 47.4 Å². The van der Waals surface area contributed by atoms with E-state index in [1.54, 1.807) is 24.1 Å². The molecule has 0 aromatic heterocycles. The Morgan fingerprint density at radius 3 is 2.46 bits per heavy atom. The van der Waals surface area contributed by atoms with E-state index < -0.39 is 9.84 Å². The fourth-order valence-corrected chi connectivity index (χ4v) is 3.61. The van der Waals surface area contributed by atoms with Gasteiger partial charge in [0.15, 0.2) is 9.84 Å². The smallest absolute Gasteiger partial charge is 0.258 e. The van der Waals surface area contributed by atoms with Crippen molar-refractivity contribution >= 4 is 21.4 Å². The van der Waals surface area contributed by atoms with E-state index in [-0.39, 0.29) is 10.8 Å². The Labute approximate surface area is 141 Å². The van der Waals surface area contributed by atoms with E-state index in [9.17, 15) is 13.2 Å². The van der Waals surface area contributed by atoms with E-state index in [1.165, 1.54) is 12.1 Å². The Kier molecular flexibility index (Phi) is 4.32. The van der Waals surface area contributed by atoms with Crippen molar-refractivity contribution in [1.82, 2.24) is 0 Å². The van der Waals surface area contributed by atoms with Gasteiger partial charge in [-0.3, -0.25) is 4.79 Å². The molecule has 0 radical (unpaired) electrons. The van der Waals surface area contributed by atoms with E-state index in [1.807, 2.05) is 18.2 Å². The fraction of sp³-hybridized carbons (Fsp3) is 0.278. The highest BCUT2D eigenvalue weighted by molar-refractivity contribution is 7.90. The number of para-hydroxylation sites is 1. The van der Waals surface area contributed by atoms with Crippen LogP contribution >= 0.6 is 0 Å². The minimum atomic E-state index is -3.27. The highest BCUT2D eigenvalue weighted by atomic mass is 32.2. The van der Waals surface area contributed by atoms with Crippen LogP contribution in [0.5, 0.6) is 5.75 Å².